The van der Waals surface area contributed by atoms with E-state index in [-0.39, 0.29) is 0 Å². The van der Waals surface area contributed by atoms with Crippen molar-refractivity contribution in [2.75, 3.05) is 14.2 Å². The Morgan fingerprint density at radius 1 is 1.28 bits per heavy atom. The molecule has 1 heterocycles. The molecule has 0 radical (unpaired) electrons. The number of aromatic nitrogens is 2. The fraction of sp³-hybridized carbons (Fsp3) is 0.357. The molecule has 0 amide bonds. The third kappa shape index (κ3) is 2.24. The Hall–Kier alpha value is -1.81. The van der Waals surface area contributed by atoms with E-state index in [4.69, 9.17) is 4.74 Å². The predicted octanol–water partition coefficient (Wildman–Crippen LogP) is 2.42. The van der Waals surface area contributed by atoms with Crippen LogP contribution in [0.15, 0.2) is 18.5 Å². The van der Waals surface area contributed by atoms with Crippen molar-refractivity contribution in [3.05, 3.63) is 35.3 Å². The Morgan fingerprint density at radius 2 is 2.06 bits per heavy atom. The molecule has 0 aliphatic rings. The molecular formula is C14H19N3O. The maximum Gasteiger partial charge on any atom is 0.122 e. The summed E-state index contributed by atoms with van der Waals surface area (Å²) < 4.78 is 5.34. The third-order valence-electron chi connectivity index (χ3n) is 3.07. The first-order chi connectivity index (χ1) is 8.67. The monoisotopic (exact) mass is 245 g/mol. The Morgan fingerprint density at radius 3 is 2.72 bits per heavy atom. The summed E-state index contributed by atoms with van der Waals surface area (Å²) in [6.07, 6.45) is 1.74. The molecule has 0 saturated heterocycles. The second kappa shape index (κ2) is 5.23. The van der Waals surface area contributed by atoms with Crippen LogP contribution in [0.5, 0.6) is 5.75 Å². The number of methoxy groups -OCH3 is 1. The van der Waals surface area contributed by atoms with Crippen molar-refractivity contribution < 1.29 is 4.74 Å². The number of ether oxygens (including phenoxy) is 1. The summed E-state index contributed by atoms with van der Waals surface area (Å²) in [7, 11) is 3.62. The van der Waals surface area contributed by atoms with Crippen molar-refractivity contribution in [1.82, 2.24) is 15.3 Å². The van der Waals surface area contributed by atoms with E-state index in [0.717, 1.165) is 34.8 Å². The molecule has 18 heavy (non-hydrogen) atoms. The van der Waals surface area contributed by atoms with Gasteiger partial charge in [0.15, 0.2) is 0 Å². The topological polar surface area (TPSA) is 49.9 Å². The van der Waals surface area contributed by atoms with Crippen LogP contribution in [0.2, 0.25) is 0 Å². The molecule has 0 aliphatic carbocycles. The summed E-state index contributed by atoms with van der Waals surface area (Å²) >= 11 is 0. The zero-order valence-corrected chi connectivity index (χ0v) is 11.3. The van der Waals surface area contributed by atoms with Crippen molar-refractivity contribution in [3.8, 4) is 17.0 Å². The molecule has 2 aromatic rings. The first-order valence-corrected chi connectivity index (χ1v) is 5.99. The molecule has 0 fully saturated rings. The van der Waals surface area contributed by atoms with Crippen LogP contribution in [-0.2, 0) is 6.54 Å². The first-order valence-electron chi connectivity index (χ1n) is 5.99. The summed E-state index contributed by atoms with van der Waals surface area (Å²) in [4.78, 5) is 7.60. The fourth-order valence-electron chi connectivity index (χ4n) is 2.13. The number of aromatic amines is 1. The highest BCUT2D eigenvalue weighted by atomic mass is 16.5. The normalized spacial score (nSPS) is 10.7. The molecule has 2 rings (SSSR count). The number of hydrogen-bond donors (Lipinski definition) is 2. The summed E-state index contributed by atoms with van der Waals surface area (Å²) in [5.74, 6) is 0.918. The summed E-state index contributed by atoms with van der Waals surface area (Å²) in [6, 6.07) is 4.19. The number of benzene rings is 1. The number of imidazole rings is 1. The van der Waals surface area contributed by atoms with Gasteiger partial charge >= 0.3 is 0 Å². The minimum atomic E-state index is 0.778. The van der Waals surface area contributed by atoms with Crippen molar-refractivity contribution in [1.29, 1.82) is 0 Å². The molecule has 0 spiro atoms. The highest BCUT2D eigenvalue weighted by Gasteiger charge is 2.12. The van der Waals surface area contributed by atoms with E-state index >= 15 is 0 Å². The molecule has 2 N–H and O–H groups in total. The van der Waals surface area contributed by atoms with Gasteiger partial charge in [-0.15, -0.1) is 0 Å². The molecule has 1 aromatic carbocycles. The molecule has 96 valence electrons. The van der Waals surface area contributed by atoms with Gasteiger partial charge in [0.05, 0.1) is 24.8 Å². The molecular weight excluding hydrogens is 226 g/mol. The lowest BCUT2D eigenvalue weighted by molar-refractivity contribution is 0.411. The minimum absolute atomic E-state index is 0.778. The molecule has 0 bridgehead atoms. The van der Waals surface area contributed by atoms with E-state index in [1.54, 1.807) is 13.4 Å². The maximum atomic E-state index is 5.34. The molecule has 1 aromatic heterocycles. The van der Waals surface area contributed by atoms with Gasteiger partial charge in [-0.05, 0) is 44.2 Å². The molecule has 4 heteroatoms. The lowest BCUT2D eigenvalue weighted by Gasteiger charge is -2.11. The highest BCUT2D eigenvalue weighted by molar-refractivity contribution is 5.68. The van der Waals surface area contributed by atoms with Crippen molar-refractivity contribution >= 4 is 0 Å². The van der Waals surface area contributed by atoms with E-state index in [1.807, 2.05) is 14.0 Å². The molecule has 0 aliphatic heterocycles. The van der Waals surface area contributed by atoms with Crippen LogP contribution in [0.1, 0.15) is 16.8 Å². The van der Waals surface area contributed by atoms with Crippen LogP contribution in [-0.4, -0.2) is 24.1 Å². The third-order valence-corrected chi connectivity index (χ3v) is 3.07. The average Bonchev–Trinajstić information content (AvgIpc) is 2.80. The average molecular weight is 245 g/mol. The van der Waals surface area contributed by atoms with Gasteiger partial charge < -0.3 is 15.0 Å². The van der Waals surface area contributed by atoms with Crippen LogP contribution in [0, 0.1) is 13.8 Å². The summed E-state index contributed by atoms with van der Waals surface area (Å²) in [6.45, 7) is 4.90. The number of rotatable bonds is 4. The van der Waals surface area contributed by atoms with Crippen LogP contribution >= 0.6 is 0 Å². The molecule has 0 atom stereocenters. The van der Waals surface area contributed by atoms with Crippen LogP contribution in [0.4, 0.5) is 0 Å². The number of H-pyrrole nitrogens is 1. The smallest absolute Gasteiger partial charge is 0.122 e. The summed E-state index contributed by atoms with van der Waals surface area (Å²) in [5.41, 5.74) is 5.55. The lowest BCUT2D eigenvalue weighted by atomic mass is 10.0. The van der Waals surface area contributed by atoms with Gasteiger partial charge in [0.1, 0.15) is 5.75 Å². The van der Waals surface area contributed by atoms with Crippen LogP contribution < -0.4 is 10.1 Å². The van der Waals surface area contributed by atoms with Crippen LogP contribution in [0.3, 0.4) is 0 Å². The van der Waals surface area contributed by atoms with Crippen molar-refractivity contribution in [2.24, 2.45) is 0 Å². The molecule has 0 unspecified atom stereocenters. The second-order valence-electron chi connectivity index (χ2n) is 4.40. The maximum absolute atomic E-state index is 5.34. The molecule has 4 nitrogen and oxygen atoms in total. The van der Waals surface area contributed by atoms with E-state index < -0.39 is 0 Å². The van der Waals surface area contributed by atoms with Gasteiger partial charge in [-0.3, -0.25) is 0 Å². The van der Waals surface area contributed by atoms with Crippen LogP contribution in [0.25, 0.3) is 11.3 Å². The van der Waals surface area contributed by atoms with Gasteiger partial charge in [-0.2, -0.15) is 0 Å². The Bertz CT molecular complexity index is 546. The number of hydrogen-bond acceptors (Lipinski definition) is 3. The SMILES string of the molecule is CNCc1[nH]cnc1-c1cc(C)c(OC)cc1C. The Kier molecular flexibility index (Phi) is 3.67. The zero-order chi connectivity index (χ0) is 13.1. The quantitative estimate of drug-likeness (QED) is 0.869. The van der Waals surface area contributed by atoms with E-state index in [0.29, 0.717) is 0 Å². The van der Waals surface area contributed by atoms with Gasteiger partial charge in [-0.1, -0.05) is 0 Å². The first kappa shape index (κ1) is 12.6. The zero-order valence-electron chi connectivity index (χ0n) is 11.3. The second-order valence-corrected chi connectivity index (χ2v) is 4.40. The van der Waals surface area contributed by atoms with Crippen molar-refractivity contribution in [2.45, 2.75) is 20.4 Å². The van der Waals surface area contributed by atoms with Gasteiger partial charge in [0.25, 0.3) is 0 Å². The number of nitrogens with one attached hydrogen (secondary N) is 2. The Balaban J connectivity index is 2.50. The molecule has 0 saturated carbocycles. The van der Waals surface area contributed by atoms with E-state index in [1.165, 1.54) is 5.56 Å². The lowest BCUT2D eigenvalue weighted by Crippen LogP contribution is -2.06. The largest absolute Gasteiger partial charge is 0.496 e. The predicted molar refractivity (Wildman–Crippen MR) is 72.8 cm³/mol. The van der Waals surface area contributed by atoms with Gasteiger partial charge in [-0.25, -0.2) is 4.98 Å². The van der Waals surface area contributed by atoms with Gasteiger partial charge in [0.2, 0.25) is 0 Å². The minimum Gasteiger partial charge on any atom is -0.496 e. The standard InChI is InChI=1S/C14H19N3O/c1-9-6-13(18-4)10(2)5-11(9)14-12(7-15-3)16-8-17-14/h5-6,8,15H,7H2,1-4H3,(H,16,17). The number of nitrogens with zero attached hydrogens (tertiary/aromatic N) is 1. The fourth-order valence-corrected chi connectivity index (χ4v) is 2.13. The summed E-state index contributed by atoms with van der Waals surface area (Å²) in [5, 5.41) is 3.14. The van der Waals surface area contributed by atoms with Gasteiger partial charge in [0, 0.05) is 12.1 Å². The van der Waals surface area contributed by atoms with Crippen molar-refractivity contribution in [3.63, 3.8) is 0 Å². The van der Waals surface area contributed by atoms with E-state index in [9.17, 15) is 0 Å². The highest BCUT2D eigenvalue weighted by Crippen LogP contribution is 2.30. The van der Waals surface area contributed by atoms with E-state index in [2.05, 4.69) is 34.3 Å². The number of aryl methyl sites for hydroxylation is 2. The Labute approximate surface area is 107 Å².